The third-order valence-electron chi connectivity index (χ3n) is 2.80. The van der Waals surface area contributed by atoms with Gasteiger partial charge in [0.15, 0.2) is 0 Å². The Bertz CT molecular complexity index is 433. The summed E-state index contributed by atoms with van der Waals surface area (Å²) in [6.07, 6.45) is 6.18. The third kappa shape index (κ3) is 3.68. The number of thiophene rings is 1. The fourth-order valence-electron chi connectivity index (χ4n) is 2.06. The Hall–Kier alpha value is -1.13. The number of hydrogen-bond acceptors (Lipinski definition) is 3. The highest BCUT2D eigenvalue weighted by Gasteiger charge is 2.10. The first-order chi connectivity index (χ1) is 8.28. The van der Waals surface area contributed by atoms with Crippen LogP contribution in [0.15, 0.2) is 29.2 Å². The van der Waals surface area contributed by atoms with Gasteiger partial charge in [0, 0.05) is 19.3 Å². The summed E-state index contributed by atoms with van der Waals surface area (Å²) in [7, 11) is 1.96. The molecule has 4 heteroatoms. The van der Waals surface area contributed by atoms with E-state index in [0.29, 0.717) is 6.04 Å². The molecule has 0 aromatic carbocycles. The van der Waals surface area contributed by atoms with Gasteiger partial charge in [-0.25, -0.2) is 0 Å². The summed E-state index contributed by atoms with van der Waals surface area (Å²) in [5.41, 5.74) is 2.72. The zero-order valence-corrected chi connectivity index (χ0v) is 11.2. The van der Waals surface area contributed by atoms with Gasteiger partial charge in [-0.15, -0.1) is 0 Å². The van der Waals surface area contributed by atoms with Crippen LogP contribution in [0.2, 0.25) is 0 Å². The largest absolute Gasteiger partial charge is 0.314 e. The predicted molar refractivity (Wildman–Crippen MR) is 72.4 cm³/mol. The van der Waals surface area contributed by atoms with E-state index in [9.17, 15) is 0 Å². The molecule has 92 valence electrons. The van der Waals surface area contributed by atoms with Crippen molar-refractivity contribution >= 4 is 11.3 Å². The summed E-state index contributed by atoms with van der Waals surface area (Å²) in [4.78, 5) is 0. The first-order valence-electron chi connectivity index (χ1n) is 6.00. The molecule has 0 aliphatic heterocycles. The van der Waals surface area contributed by atoms with Gasteiger partial charge in [-0.2, -0.15) is 16.4 Å². The fraction of sp³-hybridized carbons (Fsp3) is 0.462. The number of aromatic nitrogens is 2. The third-order valence-corrected chi connectivity index (χ3v) is 3.53. The summed E-state index contributed by atoms with van der Waals surface area (Å²) in [5.74, 6) is 0. The molecule has 2 aromatic heterocycles. The second kappa shape index (κ2) is 5.98. The van der Waals surface area contributed by atoms with Crippen molar-refractivity contribution in [3.8, 4) is 0 Å². The van der Waals surface area contributed by atoms with Crippen molar-refractivity contribution in [1.82, 2.24) is 15.1 Å². The lowest BCUT2D eigenvalue weighted by Crippen LogP contribution is -2.32. The van der Waals surface area contributed by atoms with Gasteiger partial charge in [0.2, 0.25) is 0 Å². The second-order valence-electron chi connectivity index (χ2n) is 4.32. The molecule has 0 radical (unpaired) electrons. The number of rotatable bonds is 6. The average Bonchev–Trinajstić information content (AvgIpc) is 2.91. The Labute approximate surface area is 106 Å². The Balaban J connectivity index is 1.97. The van der Waals surface area contributed by atoms with Crippen LogP contribution in [0.5, 0.6) is 0 Å². The summed E-state index contributed by atoms with van der Waals surface area (Å²) in [5, 5.41) is 12.1. The van der Waals surface area contributed by atoms with Crippen molar-refractivity contribution in [1.29, 1.82) is 0 Å². The molecule has 2 rings (SSSR count). The molecule has 0 aliphatic rings. The zero-order chi connectivity index (χ0) is 12.1. The Morgan fingerprint density at radius 1 is 1.41 bits per heavy atom. The van der Waals surface area contributed by atoms with Gasteiger partial charge < -0.3 is 5.32 Å². The molecule has 0 bridgehead atoms. The van der Waals surface area contributed by atoms with Crippen LogP contribution in [0.4, 0.5) is 0 Å². The molecule has 0 fully saturated rings. The van der Waals surface area contributed by atoms with Gasteiger partial charge in [0.05, 0.1) is 6.20 Å². The van der Waals surface area contributed by atoms with Crippen molar-refractivity contribution in [3.05, 3.63) is 40.3 Å². The van der Waals surface area contributed by atoms with Crippen molar-refractivity contribution in [3.63, 3.8) is 0 Å². The lowest BCUT2D eigenvalue weighted by Gasteiger charge is -2.16. The topological polar surface area (TPSA) is 29.9 Å². The van der Waals surface area contributed by atoms with Crippen LogP contribution in [0.25, 0.3) is 0 Å². The molecule has 0 saturated heterocycles. The van der Waals surface area contributed by atoms with E-state index in [2.05, 4.69) is 40.4 Å². The lowest BCUT2D eigenvalue weighted by atomic mass is 10.0. The van der Waals surface area contributed by atoms with Crippen LogP contribution in [0.3, 0.4) is 0 Å². The minimum atomic E-state index is 0.499. The summed E-state index contributed by atoms with van der Waals surface area (Å²) in [6, 6.07) is 2.71. The van der Waals surface area contributed by atoms with E-state index in [-0.39, 0.29) is 0 Å². The number of nitrogens with zero attached hydrogens (tertiary/aromatic N) is 2. The molecule has 0 aliphatic carbocycles. The van der Waals surface area contributed by atoms with Crippen LogP contribution >= 0.6 is 11.3 Å². The molecule has 2 heterocycles. The maximum absolute atomic E-state index is 4.22. The van der Waals surface area contributed by atoms with Gasteiger partial charge in [-0.3, -0.25) is 4.68 Å². The molecular weight excluding hydrogens is 230 g/mol. The van der Waals surface area contributed by atoms with Gasteiger partial charge in [0.25, 0.3) is 0 Å². The summed E-state index contributed by atoms with van der Waals surface area (Å²) < 4.78 is 1.86. The standard InChI is InChI=1S/C13H19N3S/c1-3-14-13(6-11-4-5-17-10-11)7-12-8-15-16(2)9-12/h4-5,8-10,13-14H,3,6-7H2,1-2H3. The first kappa shape index (κ1) is 12.3. The van der Waals surface area contributed by atoms with Gasteiger partial charge >= 0.3 is 0 Å². The van der Waals surface area contributed by atoms with Crippen molar-refractivity contribution < 1.29 is 0 Å². The van der Waals surface area contributed by atoms with Crippen LogP contribution in [-0.4, -0.2) is 22.4 Å². The molecule has 0 spiro atoms. The molecule has 2 aromatic rings. The van der Waals surface area contributed by atoms with E-state index in [0.717, 1.165) is 19.4 Å². The predicted octanol–water partition coefficient (Wildman–Crippen LogP) is 2.24. The Morgan fingerprint density at radius 3 is 2.82 bits per heavy atom. The summed E-state index contributed by atoms with van der Waals surface area (Å²) in [6.45, 7) is 3.17. The van der Waals surface area contributed by atoms with Crippen LogP contribution in [0, 0.1) is 0 Å². The van der Waals surface area contributed by atoms with E-state index in [4.69, 9.17) is 0 Å². The van der Waals surface area contributed by atoms with E-state index >= 15 is 0 Å². The molecular formula is C13H19N3S. The Morgan fingerprint density at radius 2 is 2.24 bits per heavy atom. The molecule has 1 N–H and O–H groups in total. The number of hydrogen-bond donors (Lipinski definition) is 1. The normalized spacial score (nSPS) is 12.8. The SMILES string of the molecule is CCNC(Cc1ccsc1)Cc1cnn(C)c1. The van der Waals surface area contributed by atoms with E-state index < -0.39 is 0 Å². The quantitative estimate of drug-likeness (QED) is 0.851. The minimum Gasteiger partial charge on any atom is -0.314 e. The van der Waals surface area contributed by atoms with Crippen molar-refractivity contribution in [2.45, 2.75) is 25.8 Å². The smallest absolute Gasteiger partial charge is 0.0522 e. The molecule has 0 saturated carbocycles. The van der Waals surface area contributed by atoms with Gasteiger partial charge in [-0.05, 0) is 47.3 Å². The van der Waals surface area contributed by atoms with Crippen LogP contribution in [0.1, 0.15) is 18.1 Å². The molecule has 1 unspecified atom stereocenters. The summed E-state index contributed by atoms with van der Waals surface area (Å²) >= 11 is 1.77. The van der Waals surface area contributed by atoms with Crippen LogP contribution in [-0.2, 0) is 19.9 Å². The lowest BCUT2D eigenvalue weighted by molar-refractivity contribution is 0.522. The van der Waals surface area contributed by atoms with E-state index in [1.54, 1.807) is 11.3 Å². The molecule has 17 heavy (non-hydrogen) atoms. The highest BCUT2D eigenvalue weighted by Crippen LogP contribution is 2.11. The number of nitrogens with one attached hydrogen (secondary N) is 1. The first-order valence-corrected chi connectivity index (χ1v) is 6.94. The molecule has 0 amide bonds. The van der Waals surface area contributed by atoms with Crippen molar-refractivity contribution in [2.75, 3.05) is 6.54 Å². The van der Waals surface area contributed by atoms with Crippen LogP contribution < -0.4 is 5.32 Å². The maximum atomic E-state index is 4.22. The highest BCUT2D eigenvalue weighted by atomic mass is 32.1. The molecule has 3 nitrogen and oxygen atoms in total. The van der Waals surface area contributed by atoms with Gasteiger partial charge in [-0.1, -0.05) is 6.92 Å². The van der Waals surface area contributed by atoms with Gasteiger partial charge in [0.1, 0.15) is 0 Å². The Kier molecular flexibility index (Phi) is 4.34. The second-order valence-corrected chi connectivity index (χ2v) is 5.10. The van der Waals surface area contributed by atoms with E-state index in [1.165, 1.54) is 11.1 Å². The van der Waals surface area contributed by atoms with E-state index in [1.807, 2.05) is 17.9 Å². The average molecular weight is 249 g/mol. The highest BCUT2D eigenvalue weighted by molar-refractivity contribution is 7.07. The minimum absolute atomic E-state index is 0.499. The monoisotopic (exact) mass is 249 g/mol. The number of aryl methyl sites for hydroxylation is 1. The maximum Gasteiger partial charge on any atom is 0.0522 e. The fourth-order valence-corrected chi connectivity index (χ4v) is 2.74. The zero-order valence-electron chi connectivity index (χ0n) is 10.4. The number of likely N-dealkylation sites (N-methyl/N-ethyl adjacent to an activating group) is 1. The van der Waals surface area contributed by atoms with Crippen molar-refractivity contribution in [2.24, 2.45) is 7.05 Å². The molecule has 1 atom stereocenters.